The SMILES string of the molecule is CCc1cc(C(=O)OC)c(NC(=O)CN2CCN(c3cccc(C)c3C)CC2)s1. The lowest BCUT2D eigenvalue weighted by molar-refractivity contribution is -0.117. The average molecular weight is 416 g/mol. The summed E-state index contributed by atoms with van der Waals surface area (Å²) in [5.41, 5.74) is 4.33. The molecule has 1 aliphatic rings. The first-order valence-corrected chi connectivity index (χ1v) is 10.8. The number of piperazine rings is 1. The van der Waals surface area contributed by atoms with Gasteiger partial charge in [0, 0.05) is 36.7 Å². The lowest BCUT2D eigenvalue weighted by atomic mass is 10.1. The Morgan fingerprint density at radius 3 is 2.55 bits per heavy atom. The van der Waals surface area contributed by atoms with Crippen LogP contribution in [0.4, 0.5) is 10.7 Å². The van der Waals surface area contributed by atoms with Gasteiger partial charge in [0.25, 0.3) is 0 Å². The molecule has 0 aliphatic carbocycles. The summed E-state index contributed by atoms with van der Waals surface area (Å²) in [4.78, 5) is 30.1. The van der Waals surface area contributed by atoms with Gasteiger partial charge in [-0.25, -0.2) is 4.79 Å². The van der Waals surface area contributed by atoms with Crippen molar-refractivity contribution in [3.8, 4) is 0 Å². The third kappa shape index (κ3) is 4.97. The lowest BCUT2D eigenvalue weighted by Crippen LogP contribution is -2.48. The van der Waals surface area contributed by atoms with Crippen LogP contribution in [-0.2, 0) is 16.0 Å². The predicted molar refractivity (Wildman–Crippen MR) is 118 cm³/mol. The molecule has 1 N–H and O–H groups in total. The van der Waals surface area contributed by atoms with Crippen molar-refractivity contribution in [1.29, 1.82) is 0 Å². The molecular weight excluding hydrogens is 386 g/mol. The highest BCUT2D eigenvalue weighted by molar-refractivity contribution is 7.16. The van der Waals surface area contributed by atoms with Crippen molar-refractivity contribution in [2.45, 2.75) is 27.2 Å². The molecule has 0 bridgehead atoms. The zero-order chi connectivity index (χ0) is 21.0. The van der Waals surface area contributed by atoms with Crippen LogP contribution in [-0.4, -0.2) is 56.6 Å². The van der Waals surface area contributed by atoms with E-state index in [1.54, 1.807) is 6.07 Å². The molecule has 29 heavy (non-hydrogen) atoms. The van der Waals surface area contributed by atoms with E-state index in [9.17, 15) is 9.59 Å². The summed E-state index contributed by atoms with van der Waals surface area (Å²) in [5, 5.41) is 3.49. The van der Waals surface area contributed by atoms with Crippen LogP contribution >= 0.6 is 11.3 Å². The van der Waals surface area contributed by atoms with Crippen molar-refractivity contribution >= 4 is 33.9 Å². The number of carbonyl (C=O) groups excluding carboxylic acids is 2. The third-order valence-corrected chi connectivity index (χ3v) is 6.64. The number of methoxy groups -OCH3 is 1. The van der Waals surface area contributed by atoms with Crippen LogP contribution in [0.15, 0.2) is 24.3 Å². The van der Waals surface area contributed by atoms with Crippen molar-refractivity contribution in [2.24, 2.45) is 0 Å². The first kappa shape index (κ1) is 21.3. The van der Waals surface area contributed by atoms with Crippen molar-refractivity contribution in [3.05, 3.63) is 45.8 Å². The van der Waals surface area contributed by atoms with Crippen LogP contribution in [0.1, 0.15) is 33.3 Å². The quantitative estimate of drug-likeness (QED) is 0.732. The molecule has 0 atom stereocenters. The van der Waals surface area contributed by atoms with E-state index >= 15 is 0 Å². The number of nitrogens with zero attached hydrogens (tertiary/aromatic N) is 2. The molecule has 1 amide bonds. The summed E-state index contributed by atoms with van der Waals surface area (Å²) in [5.74, 6) is -0.516. The standard InChI is InChI=1S/C22H29N3O3S/c1-5-17-13-18(22(27)28-4)21(29-17)23-20(26)14-24-9-11-25(12-10-24)19-8-6-7-15(2)16(19)3/h6-8,13H,5,9-12,14H2,1-4H3,(H,23,26). The highest BCUT2D eigenvalue weighted by Gasteiger charge is 2.22. The number of nitrogens with one attached hydrogen (secondary N) is 1. The van der Waals surface area contributed by atoms with E-state index in [2.05, 4.69) is 47.2 Å². The molecular formula is C22H29N3O3S. The Kier molecular flexibility index (Phi) is 6.92. The van der Waals surface area contributed by atoms with Gasteiger partial charge < -0.3 is 15.0 Å². The van der Waals surface area contributed by atoms with Gasteiger partial charge in [0.15, 0.2) is 0 Å². The second-order valence-electron chi connectivity index (χ2n) is 7.33. The van der Waals surface area contributed by atoms with E-state index in [0.29, 0.717) is 17.1 Å². The van der Waals surface area contributed by atoms with E-state index in [-0.39, 0.29) is 5.91 Å². The second-order valence-corrected chi connectivity index (χ2v) is 8.47. The minimum absolute atomic E-state index is 0.0974. The van der Waals surface area contributed by atoms with E-state index in [1.165, 1.54) is 35.3 Å². The Labute approximate surface area is 176 Å². The number of anilines is 2. The Hall–Kier alpha value is -2.38. The fourth-order valence-electron chi connectivity index (χ4n) is 3.57. The number of esters is 1. The maximum atomic E-state index is 12.6. The zero-order valence-corrected chi connectivity index (χ0v) is 18.4. The number of carbonyl (C=O) groups is 2. The van der Waals surface area contributed by atoms with Gasteiger partial charge in [0.2, 0.25) is 5.91 Å². The van der Waals surface area contributed by atoms with E-state index in [1.807, 2.05) is 6.92 Å². The first-order valence-electron chi connectivity index (χ1n) is 9.97. The summed E-state index contributed by atoms with van der Waals surface area (Å²) >= 11 is 1.43. The zero-order valence-electron chi connectivity index (χ0n) is 17.6. The second kappa shape index (κ2) is 9.41. The van der Waals surface area contributed by atoms with Gasteiger partial charge in [-0.15, -0.1) is 11.3 Å². The monoisotopic (exact) mass is 415 g/mol. The molecule has 0 saturated carbocycles. The van der Waals surface area contributed by atoms with E-state index in [4.69, 9.17) is 4.74 Å². The fourth-order valence-corrected chi connectivity index (χ4v) is 4.57. The normalized spacial score (nSPS) is 14.7. The van der Waals surface area contributed by atoms with Gasteiger partial charge in [0.1, 0.15) is 5.00 Å². The van der Waals surface area contributed by atoms with Crippen LogP contribution in [0, 0.1) is 13.8 Å². The van der Waals surface area contributed by atoms with Crippen LogP contribution in [0.5, 0.6) is 0 Å². The molecule has 3 rings (SSSR count). The number of hydrogen-bond donors (Lipinski definition) is 1. The highest BCUT2D eigenvalue weighted by atomic mass is 32.1. The fraction of sp³-hybridized carbons (Fsp3) is 0.455. The van der Waals surface area contributed by atoms with Crippen LogP contribution < -0.4 is 10.2 Å². The average Bonchev–Trinajstić information content (AvgIpc) is 3.13. The van der Waals surface area contributed by atoms with Gasteiger partial charge in [-0.2, -0.15) is 0 Å². The molecule has 2 aromatic rings. The van der Waals surface area contributed by atoms with Crippen LogP contribution in [0.3, 0.4) is 0 Å². The van der Waals surface area contributed by atoms with Gasteiger partial charge >= 0.3 is 5.97 Å². The molecule has 6 nitrogen and oxygen atoms in total. The van der Waals surface area contributed by atoms with Gasteiger partial charge in [0.05, 0.1) is 19.2 Å². The molecule has 1 aromatic heterocycles. The number of hydrogen-bond acceptors (Lipinski definition) is 6. The molecule has 7 heteroatoms. The molecule has 0 unspecified atom stereocenters. The summed E-state index contributed by atoms with van der Waals surface area (Å²) in [7, 11) is 1.35. The first-order chi connectivity index (χ1) is 13.9. The van der Waals surface area contributed by atoms with Crippen LogP contribution in [0.2, 0.25) is 0 Å². The Balaban J connectivity index is 1.57. The molecule has 1 saturated heterocycles. The van der Waals surface area contributed by atoms with Crippen molar-refractivity contribution in [2.75, 3.05) is 50.1 Å². The minimum atomic E-state index is -0.418. The van der Waals surface area contributed by atoms with Crippen molar-refractivity contribution in [1.82, 2.24) is 4.90 Å². The summed E-state index contributed by atoms with van der Waals surface area (Å²) in [6.07, 6.45) is 0.810. The van der Waals surface area contributed by atoms with Gasteiger partial charge in [-0.3, -0.25) is 9.69 Å². The Morgan fingerprint density at radius 1 is 1.17 bits per heavy atom. The number of thiophene rings is 1. The predicted octanol–water partition coefficient (Wildman–Crippen LogP) is 3.47. The van der Waals surface area contributed by atoms with Gasteiger partial charge in [-0.1, -0.05) is 19.1 Å². The van der Waals surface area contributed by atoms with Gasteiger partial charge in [-0.05, 0) is 43.5 Å². The number of rotatable bonds is 6. The number of aryl methyl sites for hydroxylation is 2. The molecule has 1 fully saturated rings. The molecule has 1 aromatic carbocycles. The lowest BCUT2D eigenvalue weighted by Gasteiger charge is -2.36. The summed E-state index contributed by atoms with van der Waals surface area (Å²) in [6.45, 7) is 10.1. The molecule has 0 spiro atoms. The highest BCUT2D eigenvalue weighted by Crippen LogP contribution is 2.29. The minimum Gasteiger partial charge on any atom is -0.465 e. The maximum absolute atomic E-state index is 12.6. The molecule has 156 valence electrons. The number of ether oxygens (including phenoxy) is 1. The topological polar surface area (TPSA) is 61.9 Å². The molecule has 1 aliphatic heterocycles. The smallest absolute Gasteiger partial charge is 0.340 e. The summed E-state index contributed by atoms with van der Waals surface area (Å²) in [6, 6.07) is 8.20. The third-order valence-electron chi connectivity index (χ3n) is 5.45. The van der Waals surface area contributed by atoms with Crippen LogP contribution in [0.25, 0.3) is 0 Å². The van der Waals surface area contributed by atoms with E-state index < -0.39 is 5.97 Å². The Bertz CT molecular complexity index is 885. The largest absolute Gasteiger partial charge is 0.465 e. The van der Waals surface area contributed by atoms with E-state index in [0.717, 1.165) is 37.5 Å². The summed E-state index contributed by atoms with van der Waals surface area (Å²) < 4.78 is 4.84. The van der Waals surface area contributed by atoms with Crippen molar-refractivity contribution < 1.29 is 14.3 Å². The maximum Gasteiger partial charge on any atom is 0.340 e. The Morgan fingerprint density at radius 2 is 1.90 bits per heavy atom. The van der Waals surface area contributed by atoms with Crippen molar-refractivity contribution in [3.63, 3.8) is 0 Å². The number of benzene rings is 1. The molecule has 0 radical (unpaired) electrons. The molecule has 2 heterocycles. The number of amides is 1.